The van der Waals surface area contributed by atoms with Crippen LogP contribution in [0, 0.1) is 5.82 Å². The van der Waals surface area contributed by atoms with E-state index in [0.29, 0.717) is 11.3 Å². The lowest BCUT2D eigenvalue weighted by atomic mass is 10.0. The fourth-order valence-electron chi connectivity index (χ4n) is 3.52. The molecule has 4 rings (SSSR count). The van der Waals surface area contributed by atoms with Crippen LogP contribution in [0.5, 0.6) is 0 Å². The van der Waals surface area contributed by atoms with E-state index in [0.717, 1.165) is 6.07 Å². The smallest absolute Gasteiger partial charge is 0.264 e. The van der Waals surface area contributed by atoms with Gasteiger partial charge < -0.3 is 10.0 Å². The Morgan fingerprint density at radius 1 is 1.15 bits per heavy atom. The summed E-state index contributed by atoms with van der Waals surface area (Å²) in [7, 11) is -2.25. The molecule has 2 aromatic rings. The van der Waals surface area contributed by atoms with Crippen LogP contribution in [-0.2, 0) is 21.2 Å². The lowest BCUT2D eigenvalue weighted by molar-refractivity contribution is -0.117. The number of likely N-dealkylation sites (N-methyl/N-ethyl adjacent to an activating group) is 1. The summed E-state index contributed by atoms with van der Waals surface area (Å²) in [5.41, 5.74) is 1.90. The Morgan fingerprint density at radius 3 is 2.65 bits per heavy atom. The summed E-state index contributed by atoms with van der Waals surface area (Å²) in [6.45, 7) is 0.0953. The van der Waals surface area contributed by atoms with Crippen LogP contribution in [-0.4, -0.2) is 33.0 Å². The van der Waals surface area contributed by atoms with E-state index in [9.17, 15) is 22.7 Å². The number of sulfonamides is 1. The molecule has 6 nitrogen and oxygen atoms in total. The number of hydrogen-bond donors (Lipinski definition) is 1. The summed E-state index contributed by atoms with van der Waals surface area (Å²) in [5, 5.41) is 10.1. The first-order valence-electron chi connectivity index (χ1n) is 8.19. The third-order valence-electron chi connectivity index (χ3n) is 4.94. The highest BCUT2D eigenvalue weighted by molar-refractivity contribution is 7.92. The molecule has 8 heteroatoms. The van der Waals surface area contributed by atoms with E-state index in [-0.39, 0.29) is 41.4 Å². The molecular weight excluding hydrogens is 359 g/mol. The molecule has 0 aliphatic carbocycles. The highest BCUT2D eigenvalue weighted by Crippen LogP contribution is 2.38. The van der Waals surface area contributed by atoms with Crippen molar-refractivity contribution in [3.63, 3.8) is 0 Å². The van der Waals surface area contributed by atoms with Crippen LogP contribution >= 0.6 is 0 Å². The lowest BCUT2D eigenvalue weighted by Crippen LogP contribution is -2.36. The number of halogens is 1. The van der Waals surface area contributed by atoms with Crippen molar-refractivity contribution >= 4 is 27.3 Å². The van der Waals surface area contributed by atoms with Crippen LogP contribution in [0.25, 0.3) is 0 Å². The number of fused-ring (bicyclic) bond motifs is 2. The molecule has 2 aromatic carbocycles. The van der Waals surface area contributed by atoms with Gasteiger partial charge in [-0.25, -0.2) is 12.8 Å². The minimum Gasteiger partial charge on any atom is -0.388 e. The maximum absolute atomic E-state index is 13.5. The summed E-state index contributed by atoms with van der Waals surface area (Å²) >= 11 is 0. The zero-order valence-corrected chi connectivity index (χ0v) is 14.8. The molecule has 1 amide bonds. The van der Waals surface area contributed by atoms with Crippen LogP contribution in [0.1, 0.15) is 23.7 Å². The van der Waals surface area contributed by atoms with E-state index in [1.807, 2.05) is 0 Å². The number of benzene rings is 2. The number of carbonyl (C=O) groups excluding carboxylic acids is 1. The summed E-state index contributed by atoms with van der Waals surface area (Å²) in [5.74, 6) is -0.613. The van der Waals surface area contributed by atoms with Crippen molar-refractivity contribution < 1.29 is 22.7 Å². The summed E-state index contributed by atoms with van der Waals surface area (Å²) in [6, 6.07) is 8.32. The maximum atomic E-state index is 13.5. The first-order valence-corrected chi connectivity index (χ1v) is 9.63. The number of aliphatic hydroxyl groups is 1. The molecular formula is C18H17FN2O4S. The van der Waals surface area contributed by atoms with Gasteiger partial charge in [0.1, 0.15) is 5.82 Å². The quantitative estimate of drug-likeness (QED) is 0.869. The molecule has 1 atom stereocenters. The first-order chi connectivity index (χ1) is 12.3. The Bertz CT molecular complexity index is 1020. The van der Waals surface area contributed by atoms with Crippen LogP contribution in [0.2, 0.25) is 0 Å². The van der Waals surface area contributed by atoms with Crippen molar-refractivity contribution in [1.29, 1.82) is 0 Å². The van der Waals surface area contributed by atoms with Gasteiger partial charge in [0.2, 0.25) is 5.91 Å². The summed E-state index contributed by atoms with van der Waals surface area (Å²) in [6.07, 6.45) is -0.559. The highest BCUT2D eigenvalue weighted by Gasteiger charge is 2.34. The predicted octanol–water partition coefficient (Wildman–Crippen LogP) is 1.98. The van der Waals surface area contributed by atoms with E-state index in [1.54, 1.807) is 13.1 Å². The lowest BCUT2D eigenvalue weighted by Gasteiger charge is -2.33. The van der Waals surface area contributed by atoms with Gasteiger partial charge in [0.25, 0.3) is 10.0 Å². The van der Waals surface area contributed by atoms with Gasteiger partial charge in [-0.05, 0) is 48.4 Å². The Labute approximate surface area is 150 Å². The van der Waals surface area contributed by atoms with Crippen LogP contribution in [0.15, 0.2) is 41.3 Å². The van der Waals surface area contributed by atoms with Crippen molar-refractivity contribution in [3.05, 3.63) is 53.3 Å². The zero-order valence-electron chi connectivity index (χ0n) is 14.0. The third-order valence-corrected chi connectivity index (χ3v) is 6.75. The molecule has 0 bridgehead atoms. The molecule has 26 heavy (non-hydrogen) atoms. The number of carbonyl (C=O) groups is 1. The molecule has 0 spiro atoms. The molecule has 2 heterocycles. The summed E-state index contributed by atoms with van der Waals surface area (Å²) in [4.78, 5) is 13.4. The van der Waals surface area contributed by atoms with Gasteiger partial charge in [0.15, 0.2) is 0 Å². The first kappa shape index (κ1) is 17.0. The second kappa shape index (κ2) is 5.78. The van der Waals surface area contributed by atoms with Gasteiger partial charge in [0, 0.05) is 24.8 Å². The van der Waals surface area contributed by atoms with E-state index >= 15 is 0 Å². The van der Waals surface area contributed by atoms with Crippen molar-refractivity contribution in [3.8, 4) is 0 Å². The second-order valence-electron chi connectivity index (χ2n) is 6.50. The monoisotopic (exact) mass is 376 g/mol. The highest BCUT2D eigenvalue weighted by atomic mass is 32.2. The molecule has 136 valence electrons. The van der Waals surface area contributed by atoms with Gasteiger partial charge in [-0.2, -0.15) is 0 Å². The fourth-order valence-corrected chi connectivity index (χ4v) is 5.08. The Morgan fingerprint density at radius 2 is 1.88 bits per heavy atom. The number of nitrogens with zero attached hydrogens (tertiary/aromatic N) is 2. The average molecular weight is 376 g/mol. The maximum Gasteiger partial charge on any atom is 0.264 e. The fraction of sp³-hybridized carbons (Fsp3) is 0.278. The molecule has 2 aliphatic heterocycles. The molecule has 1 N–H and O–H groups in total. The largest absolute Gasteiger partial charge is 0.388 e. The SMILES string of the molecule is CN1C(=O)Cc2cc(S(=O)(=O)N3CCC(O)c4cc(F)ccc43)ccc21. The van der Waals surface area contributed by atoms with E-state index in [2.05, 4.69) is 0 Å². The molecule has 0 radical (unpaired) electrons. The second-order valence-corrected chi connectivity index (χ2v) is 8.37. The number of anilines is 2. The van der Waals surface area contributed by atoms with Gasteiger partial charge in [0.05, 0.1) is 23.1 Å². The van der Waals surface area contributed by atoms with Crippen molar-refractivity contribution in [2.24, 2.45) is 0 Å². The van der Waals surface area contributed by atoms with Crippen LogP contribution in [0.4, 0.5) is 15.8 Å². The van der Waals surface area contributed by atoms with Crippen LogP contribution in [0.3, 0.4) is 0 Å². The molecule has 2 aliphatic rings. The van der Waals surface area contributed by atoms with Crippen LogP contribution < -0.4 is 9.21 Å². The number of aliphatic hydroxyl groups excluding tert-OH is 1. The Balaban J connectivity index is 1.78. The average Bonchev–Trinajstić information content (AvgIpc) is 2.89. The summed E-state index contributed by atoms with van der Waals surface area (Å²) < 4.78 is 41.0. The minimum absolute atomic E-state index is 0.0750. The molecule has 0 saturated heterocycles. The van der Waals surface area contributed by atoms with Crippen molar-refractivity contribution in [1.82, 2.24) is 0 Å². The minimum atomic E-state index is -3.90. The zero-order chi connectivity index (χ0) is 18.6. The van der Waals surface area contributed by atoms with Crippen molar-refractivity contribution in [2.75, 3.05) is 22.8 Å². The molecule has 0 aromatic heterocycles. The number of rotatable bonds is 2. The van der Waals surface area contributed by atoms with E-state index in [1.165, 1.54) is 33.5 Å². The molecule has 0 saturated carbocycles. The molecule has 1 unspecified atom stereocenters. The molecule has 0 fully saturated rings. The Hall–Kier alpha value is -2.45. The van der Waals surface area contributed by atoms with E-state index in [4.69, 9.17) is 0 Å². The Kier molecular flexibility index (Phi) is 3.78. The van der Waals surface area contributed by atoms with Gasteiger partial charge in [-0.3, -0.25) is 9.10 Å². The topological polar surface area (TPSA) is 77.9 Å². The van der Waals surface area contributed by atoms with Crippen molar-refractivity contribution in [2.45, 2.75) is 23.8 Å². The van der Waals surface area contributed by atoms with Gasteiger partial charge >= 0.3 is 0 Å². The van der Waals surface area contributed by atoms with Gasteiger partial charge in [-0.1, -0.05) is 0 Å². The number of hydrogen-bond acceptors (Lipinski definition) is 4. The third kappa shape index (κ3) is 2.48. The standard InChI is InChI=1S/C18H17FN2O4S/c1-20-15-5-3-13(8-11(15)9-18(20)23)26(24,25)21-7-6-17(22)14-10-12(19)2-4-16(14)21/h2-5,8,10,17,22H,6-7,9H2,1H3. The normalized spacial score (nSPS) is 19.5. The van der Waals surface area contributed by atoms with Gasteiger partial charge in [-0.15, -0.1) is 0 Å². The predicted molar refractivity (Wildman–Crippen MR) is 94.1 cm³/mol. The number of amides is 1. The van der Waals surface area contributed by atoms with E-state index < -0.39 is 21.9 Å².